The quantitative estimate of drug-likeness (QED) is 0.839. The molecule has 0 bridgehead atoms. The predicted octanol–water partition coefficient (Wildman–Crippen LogP) is 1.90. The third-order valence-electron chi connectivity index (χ3n) is 1.84. The number of rotatable bonds is 4. The molecule has 0 saturated heterocycles. The summed E-state index contributed by atoms with van der Waals surface area (Å²) in [5.74, 6) is 0.00681. The SMILES string of the molecule is NCC(N)c1cc(Cl)ccc1OC(F)F. The van der Waals surface area contributed by atoms with Gasteiger partial charge in [-0.05, 0) is 18.2 Å². The molecule has 1 unspecified atom stereocenters. The number of hydrogen-bond acceptors (Lipinski definition) is 3. The molecule has 1 atom stereocenters. The molecule has 1 aromatic carbocycles. The molecule has 0 spiro atoms. The van der Waals surface area contributed by atoms with Crippen molar-refractivity contribution < 1.29 is 13.5 Å². The summed E-state index contributed by atoms with van der Waals surface area (Å²) in [5, 5.41) is 0.399. The van der Waals surface area contributed by atoms with Gasteiger partial charge < -0.3 is 16.2 Å². The van der Waals surface area contributed by atoms with Crippen LogP contribution in [0, 0.1) is 0 Å². The Morgan fingerprint density at radius 3 is 2.60 bits per heavy atom. The lowest BCUT2D eigenvalue weighted by atomic mass is 10.1. The van der Waals surface area contributed by atoms with Gasteiger partial charge in [0.25, 0.3) is 0 Å². The molecule has 1 aromatic rings. The van der Waals surface area contributed by atoms with Crippen LogP contribution in [0.2, 0.25) is 5.02 Å². The molecule has 3 nitrogen and oxygen atoms in total. The zero-order valence-electron chi connectivity index (χ0n) is 7.79. The Morgan fingerprint density at radius 1 is 1.40 bits per heavy atom. The molecule has 0 heterocycles. The summed E-state index contributed by atoms with van der Waals surface area (Å²) in [5.41, 5.74) is 11.4. The van der Waals surface area contributed by atoms with Crippen molar-refractivity contribution in [2.24, 2.45) is 11.5 Å². The summed E-state index contributed by atoms with van der Waals surface area (Å²) in [7, 11) is 0. The van der Waals surface area contributed by atoms with Crippen LogP contribution >= 0.6 is 11.6 Å². The average molecular weight is 237 g/mol. The molecule has 6 heteroatoms. The third-order valence-corrected chi connectivity index (χ3v) is 2.08. The maximum atomic E-state index is 12.0. The zero-order chi connectivity index (χ0) is 11.4. The Labute approximate surface area is 91.0 Å². The van der Waals surface area contributed by atoms with Crippen molar-refractivity contribution in [3.63, 3.8) is 0 Å². The van der Waals surface area contributed by atoms with Crippen LogP contribution in [0.25, 0.3) is 0 Å². The molecule has 0 saturated carbocycles. The van der Waals surface area contributed by atoms with Crippen LogP contribution in [-0.2, 0) is 0 Å². The van der Waals surface area contributed by atoms with E-state index < -0.39 is 12.7 Å². The fraction of sp³-hybridized carbons (Fsp3) is 0.333. The lowest BCUT2D eigenvalue weighted by Gasteiger charge is -2.15. The lowest BCUT2D eigenvalue weighted by Crippen LogP contribution is -2.22. The van der Waals surface area contributed by atoms with Gasteiger partial charge in [0.05, 0.1) is 0 Å². The maximum absolute atomic E-state index is 12.0. The van der Waals surface area contributed by atoms with Crippen LogP contribution in [0.15, 0.2) is 18.2 Å². The minimum atomic E-state index is -2.89. The molecule has 0 fully saturated rings. The molecule has 0 radical (unpaired) electrons. The van der Waals surface area contributed by atoms with E-state index in [4.69, 9.17) is 23.1 Å². The summed E-state index contributed by atoms with van der Waals surface area (Å²) >= 11 is 5.71. The summed E-state index contributed by atoms with van der Waals surface area (Å²) in [6.07, 6.45) is 0. The first-order chi connectivity index (χ1) is 7.04. The van der Waals surface area contributed by atoms with Gasteiger partial charge in [0.15, 0.2) is 0 Å². The van der Waals surface area contributed by atoms with E-state index in [-0.39, 0.29) is 12.3 Å². The van der Waals surface area contributed by atoms with Gasteiger partial charge in [-0.1, -0.05) is 11.6 Å². The topological polar surface area (TPSA) is 61.3 Å². The van der Waals surface area contributed by atoms with E-state index in [0.717, 1.165) is 0 Å². The van der Waals surface area contributed by atoms with Gasteiger partial charge in [0, 0.05) is 23.2 Å². The largest absolute Gasteiger partial charge is 0.434 e. The molecule has 0 aliphatic carbocycles. The second-order valence-electron chi connectivity index (χ2n) is 2.90. The first-order valence-corrected chi connectivity index (χ1v) is 4.62. The Hall–Kier alpha value is -0.910. The smallest absolute Gasteiger partial charge is 0.387 e. The van der Waals surface area contributed by atoms with E-state index in [1.165, 1.54) is 18.2 Å². The van der Waals surface area contributed by atoms with Crippen LogP contribution in [0.4, 0.5) is 8.78 Å². The third kappa shape index (κ3) is 3.30. The fourth-order valence-corrected chi connectivity index (χ4v) is 1.32. The molecule has 0 amide bonds. The first-order valence-electron chi connectivity index (χ1n) is 4.24. The molecule has 1 rings (SSSR count). The molecule has 15 heavy (non-hydrogen) atoms. The summed E-state index contributed by atoms with van der Waals surface area (Å²) in [6, 6.07) is 3.69. The van der Waals surface area contributed by atoms with E-state index >= 15 is 0 Å². The predicted molar refractivity (Wildman–Crippen MR) is 54.1 cm³/mol. The van der Waals surface area contributed by atoms with Gasteiger partial charge in [-0.15, -0.1) is 0 Å². The second kappa shape index (κ2) is 5.25. The Kier molecular flexibility index (Phi) is 4.26. The van der Waals surface area contributed by atoms with Gasteiger partial charge in [-0.25, -0.2) is 0 Å². The summed E-state index contributed by atoms with van der Waals surface area (Å²) in [6.45, 7) is -2.77. The van der Waals surface area contributed by atoms with Gasteiger partial charge >= 0.3 is 6.61 Å². The van der Waals surface area contributed by atoms with Crippen LogP contribution in [0.5, 0.6) is 5.75 Å². The Balaban J connectivity index is 3.02. The van der Waals surface area contributed by atoms with Crippen LogP contribution in [-0.4, -0.2) is 13.2 Å². The number of nitrogens with two attached hydrogens (primary N) is 2. The molecular formula is C9H11ClF2N2O. The molecule has 4 N–H and O–H groups in total. The van der Waals surface area contributed by atoms with E-state index in [0.29, 0.717) is 10.6 Å². The number of benzene rings is 1. The van der Waals surface area contributed by atoms with E-state index in [1.807, 2.05) is 0 Å². The van der Waals surface area contributed by atoms with E-state index in [2.05, 4.69) is 4.74 Å². The summed E-state index contributed by atoms with van der Waals surface area (Å²) in [4.78, 5) is 0. The van der Waals surface area contributed by atoms with E-state index in [9.17, 15) is 8.78 Å². The zero-order valence-corrected chi connectivity index (χ0v) is 8.55. The van der Waals surface area contributed by atoms with Crippen molar-refractivity contribution in [1.29, 1.82) is 0 Å². The van der Waals surface area contributed by atoms with Crippen molar-refractivity contribution in [3.05, 3.63) is 28.8 Å². The molecule has 0 aliphatic rings. The van der Waals surface area contributed by atoms with Crippen molar-refractivity contribution in [1.82, 2.24) is 0 Å². The molecule has 0 aliphatic heterocycles. The highest BCUT2D eigenvalue weighted by molar-refractivity contribution is 6.30. The fourth-order valence-electron chi connectivity index (χ4n) is 1.14. The summed E-state index contributed by atoms with van der Waals surface area (Å²) < 4.78 is 28.4. The average Bonchev–Trinajstić information content (AvgIpc) is 2.19. The lowest BCUT2D eigenvalue weighted by molar-refractivity contribution is -0.0506. The first kappa shape index (κ1) is 12.2. The van der Waals surface area contributed by atoms with Crippen LogP contribution < -0.4 is 16.2 Å². The van der Waals surface area contributed by atoms with Gasteiger partial charge in [-0.2, -0.15) is 8.78 Å². The highest BCUT2D eigenvalue weighted by atomic mass is 35.5. The van der Waals surface area contributed by atoms with Gasteiger partial charge in [0.1, 0.15) is 5.75 Å². The standard InChI is InChI=1S/C9H11ClF2N2O/c10-5-1-2-8(15-9(11)12)6(3-5)7(14)4-13/h1-3,7,9H,4,13-14H2. The van der Waals surface area contributed by atoms with E-state index in [1.54, 1.807) is 0 Å². The van der Waals surface area contributed by atoms with Gasteiger partial charge in [-0.3, -0.25) is 0 Å². The molecule has 84 valence electrons. The van der Waals surface area contributed by atoms with Gasteiger partial charge in [0.2, 0.25) is 0 Å². The monoisotopic (exact) mass is 236 g/mol. The normalized spacial score (nSPS) is 12.9. The Bertz CT molecular complexity index is 336. The Morgan fingerprint density at radius 2 is 2.07 bits per heavy atom. The van der Waals surface area contributed by atoms with Crippen molar-refractivity contribution in [3.8, 4) is 5.75 Å². The number of ether oxygens (including phenoxy) is 1. The highest BCUT2D eigenvalue weighted by Crippen LogP contribution is 2.28. The number of halogens is 3. The number of hydrogen-bond donors (Lipinski definition) is 2. The van der Waals surface area contributed by atoms with Crippen molar-refractivity contribution in [2.75, 3.05) is 6.54 Å². The molecule has 0 aromatic heterocycles. The minimum Gasteiger partial charge on any atom is -0.434 e. The minimum absolute atomic E-state index is 0.00681. The number of alkyl halides is 2. The van der Waals surface area contributed by atoms with Crippen LogP contribution in [0.1, 0.15) is 11.6 Å². The van der Waals surface area contributed by atoms with Crippen molar-refractivity contribution >= 4 is 11.6 Å². The maximum Gasteiger partial charge on any atom is 0.387 e. The molecular weight excluding hydrogens is 226 g/mol. The highest BCUT2D eigenvalue weighted by Gasteiger charge is 2.14. The van der Waals surface area contributed by atoms with Crippen molar-refractivity contribution in [2.45, 2.75) is 12.7 Å². The second-order valence-corrected chi connectivity index (χ2v) is 3.34. The van der Waals surface area contributed by atoms with Crippen LogP contribution in [0.3, 0.4) is 0 Å².